The van der Waals surface area contributed by atoms with E-state index in [4.69, 9.17) is 0 Å². The minimum Gasteiger partial charge on any atom is -0.0801 e. The highest BCUT2D eigenvalue weighted by atomic mass is 28.3. The summed E-state index contributed by atoms with van der Waals surface area (Å²) in [6.45, 7) is 13.9. The Hall–Kier alpha value is -3.42. The quantitative estimate of drug-likeness (QED) is 0.116. The second-order valence-corrected chi connectivity index (χ2v) is 16.0. The van der Waals surface area contributed by atoms with E-state index in [0.29, 0.717) is 0 Å². The smallest absolute Gasteiger partial charge is 0.0801 e. The maximum Gasteiger partial charge on any atom is 0.179 e. The molecule has 5 rings (SSSR count). The number of hydrogen-bond acceptors (Lipinski definition) is 0. The fourth-order valence-electron chi connectivity index (χ4n) is 7.07. The zero-order valence-electron chi connectivity index (χ0n) is 27.4. The third-order valence-corrected chi connectivity index (χ3v) is 14.4. The van der Waals surface area contributed by atoms with Crippen molar-refractivity contribution in [2.24, 2.45) is 0 Å². The molecular weight excluding hydrogens is 533 g/mol. The second-order valence-electron chi connectivity index (χ2n) is 12.2. The van der Waals surface area contributed by atoms with Gasteiger partial charge in [0.05, 0.1) is 0 Å². The van der Waals surface area contributed by atoms with Crippen LogP contribution < -0.4 is 15.6 Å². The molecule has 0 unspecified atom stereocenters. The molecule has 0 aliphatic heterocycles. The van der Waals surface area contributed by atoms with Crippen LogP contribution in [-0.4, -0.2) is 8.07 Å². The molecule has 0 aromatic heterocycles. The van der Waals surface area contributed by atoms with Gasteiger partial charge in [0, 0.05) is 0 Å². The van der Waals surface area contributed by atoms with Crippen molar-refractivity contribution < 1.29 is 0 Å². The van der Waals surface area contributed by atoms with E-state index < -0.39 is 8.07 Å². The Morgan fingerprint density at radius 1 is 0.442 bits per heavy atom. The summed E-state index contributed by atoms with van der Waals surface area (Å²) >= 11 is 0. The Balaban J connectivity index is 1.93. The molecule has 0 spiro atoms. The van der Waals surface area contributed by atoms with E-state index in [-0.39, 0.29) is 0 Å². The van der Waals surface area contributed by atoms with Gasteiger partial charge in [0.1, 0.15) is 0 Å². The summed E-state index contributed by atoms with van der Waals surface area (Å²) in [7, 11) is -2.70. The Bertz CT molecular complexity index is 1420. The maximum atomic E-state index is 2.61. The molecule has 0 amide bonds. The Morgan fingerprint density at radius 2 is 0.814 bits per heavy atom. The zero-order valence-corrected chi connectivity index (χ0v) is 28.4. The van der Waals surface area contributed by atoms with Crippen molar-refractivity contribution in [1.29, 1.82) is 0 Å². The van der Waals surface area contributed by atoms with Crippen molar-refractivity contribution in [3.63, 3.8) is 0 Å². The van der Waals surface area contributed by atoms with E-state index in [1.807, 2.05) is 0 Å². The fourth-order valence-corrected chi connectivity index (χ4v) is 12.5. The molecule has 4 aromatic rings. The molecule has 4 aromatic carbocycles. The molecule has 1 heteroatoms. The first-order valence-corrected chi connectivity index (χ1v) is 18.8. The average Bonchev–Trinajstić information content (AvgIpc) is 3.52. The van der Waals surface area contributed by atoms with Crippen LogP contribution in [0.2, 0.25) is 0 Å². The van der Waals surface area contributed by atoms with Gasteiger partial charge in [0.2, 0.25) is 0 Å². The molecule has 0 nitrogen and oxygen atoms in total. The molecular formula is C42H50Si. The lowest BCUT2D eigenvalue weighted by molar-refractivity contribution is 1.09. The van der Waals surface area contributed by atoms with Crippen molar-refractivity contribution in [1.82, 2.24) is 0 Å². The molecule has 0 heterocycles. The highest BCUT2D eigenvalue weighted by Gasteiger charge is 2.46. The van der Waals surface area contributed by atoms with Gasteiger partial charge in [0.15, 0.2) is 8.07 Å². The summed E-state index contributed by atoms with van der Waals surface area (Å²) in [6, 6.07) is 34.0. The SMILES string of the molecule is CCc1cc(CC)cc([Si](C2=CCC=C2Cc2ccccc2)(c2cc(CC)cc(CC)c2)c2cc(CC)cc(CC)c2)c1. The molecule has 0 saturated carbocycles. The standard InChI is InChI=1S/C42H50Si/c1-7-31-21-32(8-2)26-39(25-31)43(40-27-33(9-3)22-34(10-4)28-40,41-29-35(11-5)23-36(12-6)30-41)42-20-16-19-38(42)24-37-17-14-13-15-18-37/h13-15,17-23,25-30H,7-12,16,24H2,1-6H3. The molecule has 0 saturated heterocycles. The highest BCUT2D eigenvalue weighted by Crippen LogP contribution is 2.33. The molecule has 0 N–H and O–H groups in total. The van der Waals surface area contributed by atoms with Gasteiger partial charge >= 0.3 is 0 Å². The molecule has 43 heavy (non-hydrogen) atoms. The van der Waals surface area contributed by atoms with E-state index in [9.17, 15) is 0 Å². The number of benzene rings is 4. The minimum atomic E-state index is -2.70. The summed E-state index contributed by atoms with van der Waals surface area (Å²) in [4.78, 5) is 0. The molecule has 1 aliphatic rings. The molecule has 0 radical (unpaired) electrons. The van der Waals surface area contributed by atoms with Crippen LogP contribution in [0.1, 0.15) is 86.9 Å². The predicted molar refractivity (Wildman–Crippen MR) is 191 cm³/mol. The van der Waals surface area contributed by atoms with Crippen molar-refractivity contribution in [2.45, 2.75) is 92.9 Å². The van der Waals surface area contributed by atoms with Crippen LogP contribution in [0, 0.1) is 0 Å². The van der Waals surface area contributed by atoms with E-state index in [1.165, 1.54) is 44.5 Å². The third kappa shape index (κ3) is 6.29. The molecule has 1 aliphatic carbocycles. The molecule has 0 fully saturated rings. The highest BCUT2D eigenvalue weighted by molar-refractivity contribution is 7.16. The van der Waals surface area contributed by atoms with Crippen LogP contribution in [0.3, 0.4) is 0 Å². The van der Waals surface area contributed by atoms with Gasteiger partial charge in [-0.05, 0) is 117 Å². The first kappa shape index (κ1) is 31.0. The van der Waals surface area contributed by atoms with Crippen molar-refractivity contribution in [2.75, 3.05) is 0 Å². The van der Waals surface area contributed by atoms with Crippen molar-refractivity contribution in [3.8, 4) is 0 Å². The first-order valence-electron chi connectivity index (χ1n) is 16.8. The van der Waals surface area contributed by atoms with Crippen LogP contribution >= 0.6 is 0 Å². The lowest BCUT2D eigenvalue weighted by Gasteiger charge is -2.38. The topological polar surface area (TPSA) is 0 Å². The number of rotatable bonds is 12. The summed E-state index contributed by atoms with van der Waals surface area (Å²) in [5.41, 5.74) is 11.7. The Morgan fingerprint density at radius 3 is 1.16 bits per heavy atom. The molecule has 0 bridgehead atoms. The maximum absolute atomic E-state index is 2.70. The van der Waals surface area contributed by atoms with Gasteiger partial charge in [-0.1, -0.05) is 139 Å². The van der Waals surface area contributed by atoms with Gasteiger partial charge in [-0.2, -0.15) is 0 Å². The Kier molecular flexibility index (Phi) is 10.0. The average molecular weight is 583 g/mol. The van der Waals surface area contributed by atoms with E-state index in [2.05, 4.69) is 139 Å². The number of hydrogen-bond donors (Lipinski definition) is 0. The van der Waals surface area contributed by atoms with E-state index in [0.717, 1.165) is 51.4 Å². The minimum absolute atomic E-state index is 0.984. The van der Waals surface area contributed by atoms with Gasteiger partial charge in [0.25, 0.3) is 0 Å². The van der Waals surface area contributed by atoms with Crippen molar-refractivity contribution in [3.05, 3.63) is 147 Å². The number of aryl methyl sites for hydroxylation is 6. The van der Waals surface area contributed by atoms with Gasteiger partial charge in [-0.15, -0.1) is 0 Å². The molecule has 222 valence electrons. The van der Waals surface area contributed by atoms with Crippen LogP contribution in [0.4, 0.5) is 0 Å². The van der Waals surface area contributed by atoms with Gasteiger partial charge < -0.3 is 0 Å². The first-order chi connectivity index (χ1) is 21.0. The Labute approximate surface area is 262 Å². The van der Waals surface area contributed by atoms with E-state index >= 15 is 0 Å². The summed E-state index contributed by atoms with van der Waals surface area (Å²) in [5, 5.41) is 6.28. The van der Waals surface area contributed by atoms with Crippen LogP contribution in [0.5, 0.6) is 0 Å². The monoisotopic (exact) mass is 582 g/mol. The third-order valence-electron chi connectivity index (χ3n) is 9.58. The summed E-state index contributed by atoms with van der Waals surface area (Å²) < 4.78 is 0. The summed E-state index contributed by atoms with van der Waals surface area (Å²) in [5.74, 6) is 0. The largest absolute Gasteiger partial charge is 0.179 e. The van der Waals surface area contributed by atoms with Gasteiger partial charge in [-0.25, -0.2) is 0 Å². The lowest BCUT2D eigenvalue weighted by atomic mass is 10.1. The van der Waals surface area contributed by atoms with Crippen LogP contribution in [0.25, 0.3) is 0 Å². The lowest BCUT2D eigenvalue weighted by Crippen LogP contribution is -2.69. The summed E-state index contributed by atoms with van der Waals surface area (Å²) in [6.07, 6.45) is 13.5. The number of allylic oxidation sites excluding steroid dienone is 4. The second kappa shape index (κ2) is 13.9. The van der Waals surface area contributed by atoms with E-state index in [1.54, 1.807) is 20.8 Å². The van der Waals surface area contributed by atoms with Crippen LogP contribution in [0.15, 0.2) is 108 Å². The molecule has 0 atom stereocenters. The zero-order chi connectivity index (χ0) is 30.4. The fraction of sp³-hybridized carbons (Fsp3) is 0.333. The van der Waals surface area contributed by atoms with Crippen molar-refractivity contribution >= 4 is 23.6 Å². The van der Waals surface area contributed by atoms with Crippen LogP contribution in [-0.2, 0) is 44.9 Å². The predicted octanol–water partition coefficient (Wildman–Crippen LogP) is 8.57. The normalized spacial score (nSPS) is 13.3. The van der Waals surface area contributed by atoms with Gasteiger partial charge in [-0.3, -0.25) is 0 Å².